The highest BCUT2D eigenvalue weighted by atomic mass is 32.1. The van der Waals surface area contributed by atoms with Gasteiger partial charge in [0.2, 0.25) is 5.69 Å². The monoisotopic (exact) mass is 615 g/mol. The maximum absolute atomic E-state index is 8.32. The Bertz CT molecular complexity index is 2880. The van der Waals surface area contributed by atoms with Crippen LogP contribution < -0.4 is 0 Å². The summed E-state index contributed by atoms with van der Waals surface area (Å²) in [5.74, 6) is 0. The van der Waals surface area contributed by atoms with Crippen LogP contribution in [0.25, 0.3) is 91.1 Å². The molecule has 0 radical (unpaired) electrons. The normalized spacial score (nSPS) is 11.8. The molecule has 3 aromatic heterocycles. The van der Waals surface area contributed by atoms with Gasteiger partial charge in [0.05, 0.1) is 44.7 Å². The van der Waals surface area contributed by atoms with Crippen LogP contribution in [-0.4, -0.2) is 9.13 Å². The van der Waals surface area contributed by atoms with Gasteiger partial charge in [-0.3, -0.25) is 0 Å². The molecule has 0 amide bonds. The molecular weight excluding hydrogens is 591 g/mol. The average molecular weight is 616 g/mol. The number of benzene rings is 7. The lowest BCUT2D eigenvalue weighted by molar-refractivity contribution is 1.17. The van der Waals surface area contributed by atoms with Gasteiger partial charge in [0, 0.05) is 42.6 Å². The molecule has 0 unspecified atom stereocenters. The van der Waals surface area contributed by atoms with E-state index in [4.69, 9.17) is 6.57 Å². The fourth-order valence-electron chi connectivity index (χ4n) is 7.61. The molecule has 3 nitrogen and oxygen atoms in total. The van der Waals surface area contributed by atoms with E-state index in [9.17, 15) is 0 Å². The highest BCUT2D eigenvalue weighted by Crippen LogP contribution is 2.46. The van der Waals surface area contributed by atoms with Crippen molar-refractivity contribution in [3.05, 3.63) is 163 Å². The number of fused-ring (bicyclic) bond motifs is 10. The molecule has 7 aromatic carbocycles. The van der Waals surface area contributed by atoms with Crippen molar-refractivity contribution in [1.29, 1.82) is 0 Å². The summed E-state index contributed by atoms with van der Waals surface area (Å²) in [6.07, 6.45) is 0. The number of hydrogen-bond donors (Lipinski definition) is 0. The van der Waals surface area contributed by atoms with Crippen LogP contribution in [0.1, 0.15) is 0 Å². The first-order chi connectivity index (χ1) is 23.3. The molecule has 10 aromatic rings. The van der Waals surface area contributed by atoms with Crippen molar-refractivity contribution in [3.63, 3.8) is 0 Å². The standard InChI is InChI=1S/C43H25N3S/c1-44-35-19-12-18-32(41(35)45-36-20-7-2-13-27(36)28-14-3-8-21-37(28)45)29-15-4-9-22-38(29)46-39-23-10-5-16-30(39)33-25-26-34-31-17-6-11-24-40(31)47-43(34)42(33)46/h2-26H. The largest absolute Gasteiger partial charge is 0.318 e. The molecule has 0 N–H and O–H groups in total. The number of rotatable bonds is 3. The van der Waals surface area contributed by atoms with Gasteiger partial charge in [0.25, 0.3) is 0 Å². The third-order valence-corrected chi connectivity index (χ3v) is 10.7. The predicted octanol–water partition coefficient (Wildman–Crippen LogP) is 12.5. The lowest BCUT2D eigenvalue weighted by atomic mass is 9.99. The fraction of sp³-hybridized carbons (Fsp3) is 0. The third-order valence-electron chi connectivity index (χ3n) is 9.55. The van der Waals surface area contributed by atoms with Crippen molar-refractivity contribution >= 4 is 80.8 Å². The number of nitrogens with zero attached hydrogens (tertiary/aromatic N) is 3. The SMILES string of the molecule is [C-]#[N+]c1cccc(-c2ccccc2-n2c3ccccc3c3ccc4c5ccccc5sc4c32)c1-n1c2ccccc2c2ccccc21. The van der Waals surface area contributed by atoms with Gasteiger partial charge >= 0.3 is 0 Å². The maximum Gasteiger partial charge on any atom is 0.211 e. The first-order valence-electron chi connectivity index (χ1n) is 15.7. The van der Waals surface area contributed by atoms with Crippen LogP contribution in [0.3, 0.4) is 0 Å². The summed E-state index contributed by atoms with van der Waals surface area (Å²) in [7, 11) is 0. The topological polar surface area (TPSA) is 14.2 Å². The number of aromatic nitrogens is 2. The summed E-state index contributed by atoms with van der Waals surface area (Å²) >= 11 is 1.86. The molecule has 0 aliphatic heterocycles. The zero-order valence-electron chi connectivity index (χ0n) is 25.2. The molecule has 0 bridgehead atoms. The van der Waals surface area contributed by atoms with Crippen molar-refractivity contribution in [2.75, 3.05) is 0 Å². The Kier molecular flexibility index (Phi) is 5.51. The average Bonchev–Trinajstić information content (AvgIpc) is 3.79. The zero-order chi connectivity index (χ0) is 31.1. The van der Waals surface area contributed by atoms with Gasteiger partial charge in [-0.15, -0.1) is 11.3 Å². The van der Waals surface area contributed by atoms with Crippen molar-refractivity contribution < 1.29 is 0 Å². The van der Waals surface area contributed by atoms with Crippen LogP contribution in [0, 0.1) is 6.57 Å². The first-order valence-corrected chi connectivity index (χ1v) is 16.6. The highest BCUT2D eigenvalue weighted by molar-refractivity contribution is 7.26. The van der Waals surface area contributed by atoms with Crippen LogP contribution in [0.15, 0.2) is 152 Å². The van der Waals surface area contributed by atoms with E-state index in [0.717, 1.165) is 33.5 Å². The second-order valence-electron chi connectivity index (χ2n) is 12.0. The molecular formula is C43H25N3S. The molecule has 10 rings (SSSR count). The molecule has 0 atom stereocenters. The molecule has 0 spiro atoms. The summed E-state index contributed by atoms with van der Waals surface area (Å²) in [5.41, 5.74) is 9.29. The van der Waals surface area contributed by atoms with E-state index in [1.165, 1.54) is 52.8 Å². The fourth-order valence-corrected chi connectivity index (χ4v) is 8.86. The second-order valence-corrected chi connectivity index (χ2v) is 13.0. The molecule has 4 heteroatoms. The van der Waals surface area contributed by atoms with Crippen molar-refractivity contribution in [1.82, 2.24) is 9.13 Å². The second kappa shape index (κ2) is 9.92. The van der Waals surface area contributed by atoms with Gasteiger partial charge in [-0.25, -0.2) is 4.85 Å². The van der Waals surface area contributed by atoms with Crippen molar-refractivity contribution in [2.45, 2.75) is 0 Å². The van der Waals surface area contributed by atoms with E-state index < -0.39 is 0 Å². The van der Waals surface area contributed by atoms with Crippen molar-refractivity contribution in [3.8, 4) is 22.5 Å². The lowest BCUT2D eigenvalue weighted by Gasteiger charge is -2.19. The molecule has 3 heterocycles. The molecule has 0 saturated heterocycles. The van der Waals surface area contributed by atoms with Gasteiger partial charge in [-0.1, -0.05) is 121 Å². The Balaban J connectivity index is 1.35. The Hall–Kier alpha value is -6.15. The molecule has 0 saturated carbocycles. The third kappa shape index (κ3) is 3.60. The first kappa shape index (κ1) is 26.1. The van der Waals surface area contributed by atoms with E-state index in [1.54, 1.807) is 0 Å². The van der Waals surface area contributed by atoms with Crippen molar-refractivity contribution in [2.24, 2.45) is 0 Å². The summed E-state index contributed by atoms with van der Waals surface area (Å²) < 4.78 is 7.32. The van der Waals surface area contributed by atoms with Gasteiger partial charge < -0.3 is 9.13 Å². The quantitative estimate of drug-likeness (QED) is 0.176. The van der Waals surface area contributed by atoms with Crippen LogP contribution in [0.5, 0.6) is 0 Å². The molecule has 0 fully saturated rings. The van der Waals surface area contributed by atoms with E-state index >= 15 is 0 Å². The summed E-state index contributed by atoms with van der Waals surface area (Å²) in [4.78, 5) is 4.11. The molecule has 0 aliphatic carbocycles. The van der Waals surface area contributed by atoms with E-state index in [0.29, 0.717) is 5.69 Å². The smallest absolute Gasteiger partial charge is 0.211 e. The Morgan fingerprint density at radius 3 is 1.72 bits per heavy atom. The van der Waals surface area contributed by atoms with Crippen LogP contribution in [0.2, 0.25) is 0 Å². The van der Waals surface area contributed by atoms with Crippen LogP contribution in [-0.2, 0) is 0 Å². The summed E-state index contributed by atoms with van der Waals surface area (Å²) in [6.45, 7) is 8.32. The number of para-hydroxylation sites is 5. The van der Waals surface area contributed by atoms with Gasteiger partial charge in [0.15, 0.2) is 0 Å². The Labute approximate surface area is 274 Å². The van der Waals surface area contributed by atoms with Crippen LogP contribution in [0.4, 0.5) is 5.69 Å². The Morgan fingerprint density at radius 2 is 1.00 bits per heavy atom. The van der Waals surface area contributed by atoms with E-state index in [1.807, 2.05) is 23.5 Å². The number of thiophene rings is 1. The van der Waals surface area contributed by atoms with Gasteiger partial charge in [-0.2, -0.15) is 0 Å². The highest BCUT2D eigenvalue weighted by Gasteiger charge is 2.23. The minimum Gasteiger partial charge on any atom is -0.318 e. The summed E-state index contributed by atoms with van der Waals surface area (Å²) in [5, 5.41) is 7.40. The Morgan fingerprint density at radius 1 is 0.447 bits per heavy atom. The van der Waals surface area contributed by atoms with Gasteiger partial charge in [-0.05, 0) is 35.9 Å². The summed E-state index contributed by atoms with van der Waals surface area (Å²) in [6, 6.07) is 53.9. The van der Waals surface area contributed by atoms with Crippen LogP contribution >= 0.6 is 11.3 Å². The maximum atomic E-state index is 8.32. The van der Waals surface area contributed by atoms with Gasteiger partial charge in [0.1, 0.15) is 0 Å². The molecule has 0 aliphatic rings. The number of hydrogen-bond acceptors (Lipinski definition) is 1. The molecule has 47 heavy (non-hydrogen) atoms. The molecule has 218 valence electrons. The predicted molar refractivity (Wildman–Crippen MR) is 200 cm³/mol. The van der Waals surface area contributed by atoms with E-state index in [-0.39, 0.29) is 0 Å². The lowest BCUT2D eigenvalue weighted by Crippen LogP contribution is -2.01. The minimum absolute atomic E-state index is 0.623. The van der Waals surface area contributed by atoms with E-state index in [2.05, 4.69) is 154 Å². The zero-order valence-corrected chi connectivity index (χ0v) is 26.0. The minimum atomic E-state index is 0.623.